The van der Waals surface area contributed by atoms with Gasteiger partial charge in [-0.25, -0.2) is 4.79 Å². The van der Waals surface area contributed by atoms with Crippen LogP contribution in [0.5, 0.6) is 0 Å². The van der Waals surface area contributed by atoms with E-state index in [2.05, 4.69) is 11.3 Å². The molecule has 0 spiro atoms. The predicted molar refractivity (Wildman–Crippen MR) is 66.9 cm³/mol. The van der Waals surface area contributed by atoms with E-state index in [0.717, 1.165) is 11.6 Å². The van der Waals surface area contributed by atoms with Crippen LogP contribution in [-0.4, -0.2) is 25.2 Å². The predicted octanol–water partition coefficient (Wildman–Crippen LogP) is 1.89. The van der Waals surface area contributed by atoms with E-state index in [4.69, 9.17) is 4.74 Å². The lowest BCUT2D eigenvalue weighted by molar-refractivity contribution is -0.149. The molecular formula is C14H16O4. The van der Waals surface area contributed by atoms with Gasteiger partial charge in [0, 0.05) is 12.5 Å². The largest absolute Gasteiger partial charge is 0.462 e. The van der Waals surface area contributed by atoms with E-state index in [1.54, 1.807) is 0 Å². The van der Waals surface area contributed by atoms with Crippen LogP contribution in [0.3, 0.4) is 0 Å². The quantitative estimate of drug-likeness (QED) is 0.420. The van der Waals surface area contributed by atoms with Crippen LogP contribution in [-0.2, 0) is 25.5 Å². The lowest BCUT2D eigenvalue weighted by Gasteiger charge is -2.05. The van der Waals surface area contributed by atoms with Gasteiger partial charge in [0.1, 0.15) is 13.2 Å². The minimum absolute atomic E-state index is 0.0575. The molecule has 18 heavy (non-hydrogen) atoms. The molecule has 0 saturated heterocycles. The number of ether oxygens (including phenoxy) is 2. The summed E-state index contributed by atoms with van der Waals surface area (Å²) in [5, 5.41) is 0. The fourth-order valence-corrected chi connectivity index (χ4v) is 1.32. The van der Waals surface area contributed by atoms with Crippen molar-refractivity contribution in [3.8, 4) is 0 Å². The minimum atomic E-state index is -0.518. The van der Waals surface area contributed by atoms with Crippen LogP contribution < -0.4 is 0 Å². The average molecular weight is 248 g/mol. The summed E-state index contributed by atoms with van der Waals surface area (Å²) in [7, 11) is 0. The summed E-state index contributed by atoms with van der Waals surface area (Å²) < 4.78 is 9.58. The number of benzene rings is 1. The van der Waals surface area contributed by atoms with Crippen molar-refractivity contribution < 1.29 is 19.1 Å². The first-order valence-corrected chi connectivity index (χ1v) is 5.71. The molecule has 0 aliphatic rings. The van der Waals surface area contributed by atoms with E-state index in [-0.39, 0.29) is 19.2 Å². The highest BCUT2D eigenvalue weighted by Gasteiger charge is 2.04. The van der Waals surface area contributed by atoms with Gasteiger partial charge in [0.2, 0.25) is 0 Å². The van der Waals surface area contributed by atoms with Crippen LogP contribution in [0.1, 0.15) is 12.0 Å². The first-order valence-electron chi connectivity index (χ1n) is 5.71. The number of carbonyl (C=O) groups is 2. The number of carbonyl (C=O) groups excluding carboxylic acids is 2. The lowest BCUT2D eigenvalue weighted by Crippen LogP contribution is -2.13. The Morgan fingerprint density at radius 1 is 1.11 bits per heavy atom. The van der Waals surface area contributed by atoms with Gasteiger partial charge in [-0.3, -0.25) is 4.79 Å². The topological polar surface area (TPSA) is 52.6 Å². The maximum Gasteiger partial charge on any atom is 0.330 e. The maximum atomic E-state index is 11.3. The van der Waals surface area contributed by atoms with Gasteiger partial charge in [0.15, 0.2) is 0 Å². The Morgan fingerprint density at radius 3 is 2.44 bits per heavy atom. The van der Waals surface area contributed by atoms with E-state index in [1.807, 2.05) is 30.3 Å². The van der Waals surface area contributed by atoms with Crippen LogP contribution >= 0.6 is 0 Å². The number of esters is 2. The van der Waals surface area contributed by atoms with Gasteiger partial charge in [-0.2, -0.15) is 0 Å². The molecule has 0 radical (unpaired) electrons. The van der Waals surface area contributed by atoms with E-state index in [0.29, 0.717) is 12.8 Å². The van der Waals surface area contributed by atoms with Crippen LogP contribution in [0.2, 0.25) is 0 Å². The Bertz CT molecular complexity index is 398. The van der Waals surface area contributed by atoms with Gasteiger partial charge >= 0.3 is 11.9 Å². The summed E-state index contributed by atoms with van der Waals surface area (Å²) in [5.41, 5.74) is 1.09. The molecular weight excluding hydrogens is 232 g/mol. The second kappa shape index (κ2) is 8.06. The minimum Gasteiger partial charge on any atom is -0.462 e. The van der Waals surface area contributed by atoms with Crippen molar-refractivity contribution >= 4 is 11.9 Å². The van der Waals surface area contributed by atoms with Crippen LogP contribution in [0.4, 0.5) is 0 Å². The summed E-state index contributed by atoms with van der Waals surface area (Å²) in [6, 6.07) is 9.69. The Balaban J connectivity index is 2.11. The Hall–Kier alpha value is -2.10. The van der Waals surface area contributed by atoms with Gasteiger partial charge in [0.25, 0.3) is 0 Å². The van der Waals surface area contributed by atoms with Crippen molar-refractivity contribution in [3.05, 3.63) is 48.6 Å². The Labute approximate surface area is 106 Å². The van der Waals surface area contributed by atoms with Crippen molar-refractivity contribution in [3.63, 3.8) is 0 Å². The Morgan fingerprint density at radius 2 is 1.78 bits per heavy atom. The van der Waals surface area contributed by atoms with E-state index in [9.17, 15) is 9.59 Å². The summed E-state index contributed by atoms with van der Waals surface area (Å²) in [6.45, 7) is 3.39. The molecule has 1 rings (SSSR count). The average Bonchev–Trinajstić information content (AvgIpc) is 2.42. The molecule has 0 saturated carbocycles. The number of aryl methyl sites for hydroxylation is 1. The summed E-state index contributed by atoms with van der Waals surface area (Å²) in [4.78, 5) is 22.0. The Kier molecular flexibility index (Phi) is 6.25. The highest BCUT2D eigenvalue weighted by Crippen LogP contribution is 2.03. The van der Waals surface area contributed by atoms with Gasteiger partial charge < -0.3 is 9.47 Å². The van der Waals surface area contributed by atoms with Crippen LogP contribution in [0, 0.1) is 0 Å². The molecule has 0 bridgehead atoms. The van der Waals surface area contributed by atoms with Crippen LogP contribution in [0.25, 0.3) is 0 Å². The summed E-state index contributed by atoms with van der Waals surface area (Å²) in [6.07, 6.45) is 2.03. The van der Waals surface area contributed by atoms with E-state index >= 15 is 0 Å². The highest BCUT2D eigenvalue weighted by molar-refractivity contribution is 5.81. The molecule has 4 heteroatoms. The van der Waals surface area contributed by atoms with E-state index < -0.39 is 5.97 Å². The molecule has 1 aromatic carbocycles. The molecule has 96 valence electrons. The monoisotopic (exact) mass is 248 g/mol. The first kappa shape index (κ1) is 14.0. The number of hydrogen-bond donors (Lipinski definition) is 0. The third kappa shape index (κ3) is 5.84. The zero-order valence-corrected chi connectivity index (χ0v) is 10.1. The normalized spacial score (nSPS) is 9.56. The summed E-state index contributed by atoms with van der Waals surface area (Å²) >= 11 is 0. The molecule has 0 amide bonds. The number of rotatable bonds is 7. The van der Waals surface area contributed by atoms with E-state index in [1.165, 1.54) is 0 Å². The molecule has 0 N–H and O–H groups in total. The highest BCUT2D eigenvalue weighted by atomic mass is 16.6. The standard InChI is InChI=1S/C14H16O4/c1-2-13(15)17-10-11-18-14(16)9-8-12-6-4-3-5-7-12/h2-7H,1,8-11H2. The smallest absolute Gasteiger partial charge is 0.330 e. The lowest BCUT2D eigenvalue weighted by atomic mass is 10.1. The SMILES string of the molecule is C=CC(=O)OCCOC(=O)CCc1ccccc1. The van der Waals surface area contributed by atoms with Crippen molar-refractivity contribution in [2.45, 2.75) is 12.8 Å². The second-order valence-corrected chi connectivity index (χ2v) is 3.58. The van der Waals surface area contributed by atoms with Crippen molar-refractivity contribution in [1.82, 2.24) is 0 Å². The first-order chi connectivity index (χ1) is 8.72. The molecule has 0 fully saturated rings. The van der Waals surface area contributed by atoms with Gasteiger partial charge in [-0.15, -0.1) is 0 Å². The van der Waals surface area contributed by atoms with Gasteiger partial charge in [0.05, 0.1) is 0 Å². The molecule has 1 aromatic rings. The molecule has 0 aromatic heterocycles. The third-order valence-electron chi connectivity index (χ3n) is 2.22. The fourth-order valence-electron chi connectivity index (χ4n) is 1.32. The second-order valence-electron chi connectivity index (χ2n) is 3.58. The third-order valence-corrected chi connectivity index (χ3v) is 2.22. The maximum absolute atomic E-state index is 11.3. The molecule has 0 heterocycles. The molecule has 0 aliphatic heterocycles. The molecule has 0 atom stereocenters. The molecule has 0 unspecified atom stereocenters. The molecule has 4 nitrogen and oxygen atoms in total. The van der Waals surface area contributed by atoms with Crippen LogP contribution in [0.15, 0.2) is 43.0 Å². The number of hydrogen-bond acceptors (Lipinski definition) is 4. The van der Waals surface area contributed by atoms with Gasteiger partial charge in [-0.1, -0.05) is 36.9 Å². The zero-order chi connectivity index (χ0) is 13.2. The zero-order valence-electron chi connectivity index (χ0n) is 10.1. The van der Waals surface area contributed by atoms with Gasteiger partial charge in [-0.05, 0) is 12.0 Å². The summed E-state index contributed by atoms with van der Waals surface area (Å²) in [5.74, 6) is -0.816. The van der Waals surface area contributed by atoms with Crippen molar-refractivity contribution in [1.29, 1.82) is 0 Å². The molecule has 0 aliphatic carbocycles. The fraction of sp³-hybridized carbons (Fsp3) is 0.286. The van der Waals surface area contributed by atoms with Crippen molar-refractivity contribution in [2.24, 2.45) is 0 Å². The van der Waals surface area contributed by atoms with Crippen molar-refractivity contribution in [2.75, 3.05) is 13.2 Å².